The number of thioether (sulfide) groups is 1. The molecule has 1 N–H and O–H groups in total. The van der Waals surface area contributed by atoms with E-state index in [2.05, 4.69) is 242 Å². The van der Waals surface area contributed by atoms with Gasteiger partial charge in [-0.1, -0.05) is 168 Å². The Morgan fingerprint density at radius 2 is 0.576 bits per heavy atom. The molecule has 0 fully saturated rings. The molecule has 0 heterocycles. The summed E-state index contributed by atoms with van der Waals surface area (Å²) in [6.07, 6.45) is 0. The fraction of sp³-hybridized carbons (Fsp3) is 0.405. The van der Waals surface area contributed by atoms with Crippen LogP contribution in [-0.4, -0.2) is 19.5 Å². The van der Waals surface area contributed by atoms with Gasteiger partial charge in [0.05, 0.1) is 22.2 Å². The zero-order chi connectivity index (χ0) is 64.6. The molecule has 0 aliphatic rings. The second-order valence-electron chi connectivity index (χ2n) is 23.0. The lowest BCUT2D eigenvalue weighted by Gasteiger charge is -2.13. The lowest BCUT2D eigenvalue weighted by molar-refractivity contribution is -0.109. The summed E-state index contributed by atoms with van der Waals surface area (Å²) in [4.78, 5) is 20.2. The van der Waals surface area contributed by atoms with Crippen molar-refractivity contribution in [3.63, 3.8) is 0 Å². The number of aliphatic hydroxyl groups excluding tert-OH is 1. The maximum Gasteiger partial charge on any atom is 0.186 e. The predicted octanol–water partition coefficient (Wildman–Crippen LogP) is 21.3. The zero-order valence-corrected chi connectivity index (χ0v) is 61.5. The third-order valence-corrected chi connectivity index (χ3v) is 20.7. The van der Waals surface area contributed by atoms with Gasteiger partial charge in [0, 0.05) is 42.6 Å². The van der Waals surface area contributed by atoms with E-state index in [9.17, 15) is 13.8 Å². The first-order valence-electron chi connectivity index (χ1n) is 29.0. The SMILES string of the molecule is CC(=O)S.CC(=O)SCc1c(C)cc(C)cc1C.Cc1cc(C)c(CO)c(C)c1.Cc1cc(C)c(CS)c(C)c1.Cc1cc(C)c(CSS(=O)Cc2c(C)cc(C)cc2C)c(C)c1.Cc1cc(C)c(CSSCc2c(C)cc(C)cc2C)c(C)c1. The van der Waals surface area contributed by atoms with Gasteiger partial charge < -0.3 is 5.11 Å². The Hall–Kier alpha value is -3.91. The quantitative estimate of drug-likeness (QED) is 0.0565. The second kappa shape index (κ2) is 38.5. The van der Waals surface area contributed by atoms with E-state index in [1.165, 1.54) is 169 Å². The molecule has 1 atom stereocenters. The van der Waals surface area contributed by atoms with Crippen LogP contribution in [0.2, 0.25) is 0 Å². The first-order valence-corrected chi connectivity index (χ1v) is 36.3. The smallest absolute Gasteiger partial charge is 0.186 e. The van der Waals surface area contributed by atoms with Crippen LogP contribution >= 0.6 is 69.4 Å². The second-order valence-corrected chi connectivity index (χ2v) is 30.8. The maximum atomic E-state index is 12.5. The number of thiol groups is 2. The Morgan fingerprint density at radius 3 is 0.812 bits per heavy atom. The number of hydrogen-bond donors (Lipinski definition) is 3. The van der Waals surface area contributed by atoms with Gasteiger partial charge in [0.1, 0.15) is 0 Å². The molecule has 0 spiro atoms. The van der Waals surface area contributed by atoms with Crippen molar-refractivity contribution < 1.29 is 18.9 Å². The third-order valence-electron chi connectivity index (χ3n) is 14.7. The van der Waals surface area contributed by atoms with E-state index in [1.807, 2.05) is 35.4 Å². The molecule has 0 aromatic heterocycles. The van der Waals surface area contributed by atoms with Crippen molar-refractivity contribution in [1.29, 1.82) is 0 Å². The van der Waals surface area contributed by atoms with Crippen molar-refractivity contribution in [3.8, 4) is 0 Å². The van der Waals surface area contributed by atoms with Gasteiger partial charge >= 0.3 is 0 Å². The van der Waals surface area contributed by atoms with Crippen molar-refractivity contribution in [2.45, 2.75) is 200 Å². The summed E-state index contributed by atoms with van der Waals surface area (Å²) >= 11 is 8.99. The number of carbonyl (C=O) groups is 2. The molecule has 0 saturated heterocycles. The van der Waals surface area contributed by atoms with Crippen molar-refractivity contribution >= 4 is 89.5 Å². The molecular formula is C74H100O4S7. The van der Waals surface area contributed by atoms with Crippen LogP contribution in [0.3, 0.4) is 0 Å². The molecule has 1 unspecified atom stereocenters. The number of carbonyl (C=O) groups excluding carboxylic acids is 2. The average molecular weight is 1280 g/mol. The fourth-order valence-corrected chi connectivity index (χ4v) is 17.4. The van der Waals surface area contributed by atoms with Crippen molar-refractivity contribution in [3.05, 3.63) is 241 Å². The summed E-state index contributed by atoms with van der Waals surface area (Å²) in [6.45, 7) is 48.1. The normalized spacial score (nSPS) is 10.8. The molecule has 85 heavy (non-hydrogen) atoms. The van der Waals surface area contributed by atoms with Crippen LogP contribution in [0, 0.1) is 145 Å². The van der Waals surface area contributed by atoms with E-state index in [0.29, 0.717) is 5.75 Å². The molecule has 0 aliphatic carbocycles. The monoisotopic (exact) mass is 1280 g/mol. The first kappa shape index (κ1) is 77.2. The summed E-state index contributed by atoms with van der Waals surface area (Å²) in [5.41, 5.74) is 36.9. The van der Waals surface area contributed by atoms with Crippen LogP contribution in [0.1, 0.15) is 170 Å². The summed E-state index contributed by atoms with van der Waals surface area (Å²) in [7, 11) is 4.60. The highest BCUT2D eigenvalue weighted by Gasteiger charge is 2.13. The minimum Gasteiger partial charge on any atom is -0.392 e. The van der Waals surface area contributed by atoms with Crippen LogP contribution in [-0.2, 0) is 60.5 Å². The van der Waals surface area contributed by atoms with Gasteiger partial charge in [-0.3, -0.25) is 9.59 Å². The molecular weight excluding hydrogens is 1180 g/mol. The van der Waals surface area contributed by atoms with E-state index in [0.717, 1.165) is 34.3 Å². The van der Waals surface area contributed by atoms with Gasteiger partial charge in [0.15, 0.2) is 10.2 Å². The van der Waals surface area contributed by atoms with Crippen LogP contribution in [0.4, 0.5) is 0 Å². The highest BCUT2D eigenvalue weighted by atomic mass is 33.1. The largest absolute Gasteiger partial charge is 0.392 e. The van der Waals surface area contributed by atoms with E-state index in [-0.39, 0.29) is 16.8 Å². The van der Waals surface area contributed by atoms with E-state index in [4.69, 9.17) is 5.11 Å². The van der Waals surface area contributed by atoms with E-state index < -0.39 is 9.83 Å². The molecule has 7 aromatic carbocycles. The van der Waals surface area contributed by atoms with E-state index >= 15 is 0 Å². The van der Waals surface area contributed by atoms with Crippen molar-refractivity contribution in [2.24, 2.45) is 0 Å². The number of hydrogen-bond acceptors (Lipinski definition) is 9. The molecule has 11 heteroatoms. The Bertz CT molecular complexity index is 3110. The Kier molecular flexibility index (Phi) is 35.0. The maximum absolute atomic E-state index is 12.5. The van der Waals surface area contributed by atoms with Crippen LogP contribution in [0.25, 0.3) is 0 Å². The molecule has 462 valence electrons. The molecule has 0 radical (unpaired) electrons. The molecule has 0 aliphatic heterocycles. The fourth-order valence-electron chi connectivity index (χ4n) is 10.8. The summed E-state index contributed by atoms with van der Waals surface area (Å²) < 4.78 is 12.5. The first-order chi connectivity index (χ1) is 39.7. The number of rotatable bonds is 14. The lowest BCUT2D eigenvalue weighted by atomic mass is 10.0. The summed E-state index contributed by atoms with van der Waals surface area (Å²) in [5.74, 6) is 5.27. The van der Waals surface area contributed by atoms with Gasteiger partial charge in [0.2, 0.25) is 0 Å². The van der Waals surface area contributed by atoms with Crippen molar-refractivity contribution in [1.82, 2.24) is 0 Å². The van der Waals surface area contributed by atoms with Crippen molar-refractivity contribution in [2.75, 3.05) is 0 Å². The van der Waals surface area contributed by atoms with Gasteiger partial charge in [-0.2, -0.15) is 12.6 Å². The van der Waals surface area contributed by atoms with Gasteiger partial charge in [-0.05, 0) is 262 Å². The Labute approximate surface area is 545 Å². The molecule has 0 amide bonds. The van der Waals surface area contributed by atoms with Crippen LogP contribution < -0.4 is 0 Å². The minimum atomic E-state index is -0.904. The van der Waals surface area contributed by atoms with Gasteiger partial charge in [-0.15, -0.1) is 12.6 Å². The average Bonchev–Trinajstić information content (AvgIpc) is 3.42. The van der Waals surface area contributed by atoms with Crippen LogP contribution in [0.15, 0.2) is 84.9 Å². The summed E-state index contributed by atoms with van der Waals surface area (Å²) in [5, 5.41) is 9.04. The van der Waals surface area contributed by atoms with Gasteiger partial charge in [0.25, 0.3) is 0 Å². The zero-order valence-electron chi connectivity index (χ0n) is 55.6. The number of aliphatic hydroxyl groups is 1. The molecule has 0 bridgehead atoms. The predicted molar refractivity (Wildman–Crippen MR) is 391 cm³/mol. The molecule has 0 saturated carbocycles. The minimum absolute atomic E-state index is 0.139. The summed E-state index contributed by atoms with van der Waals surface area (Å²) in [6, 6.07) is 30.9. The lowest BCUT2D eigenvalue weighted by Crippen LogP contribution is -2.00. The molecule has 7 rings (SSSR count). The van der Waals surface area contributed by atoms with Crippen LogP contribution in [0.5, 0.6) is 0 Å². The topological polar surface area (TPSA) is 71.4 Å². The Balaban J connectivity index is 0.000000368. The molecule has 4 nitrogen and oxygen atoms in total. The van der Waals surface area contributed by atoms with E-state index in [1.54, 1.807) is 17.7 Å². The highest BCUT2D eigenvalue weighted by Crippen LogP contribution is 2.34. The number of benzene rings is 7. The number of aryl methyl sites for hydroxylation is 21. The highest BCUT2D eigenvalue weighted by molar-refractivity contribution is 8.76. The molecule has 7 aromatic rings. The van der Waals surface area contributed by atoms with Gasteiger partial charge in [-0.25, -0.2) is 4.21 Å². The Morgan fingerprint density at radius 1 is 0.365 bits per heavy atom. The third kappa shape index (κ3) is 27.6. The standard InChI is InChI=1S/C20H26OS2.C20H26S2.C12H16OS.C10H14O.C10H14S.C2H4OS/c1-13-7-15(3)19(16(4)8-13)11-22-23(21)12-20-17(5)9-14(2)10-18(20)6;1-13-7-15(3)19(16(4)8-13)11-21-22-12-20-17(5)9-14(2)10-18(20)6;1-8-5-9(2)12(10(3)6-8)7-14-11(4)13;2*1-7-4-8(2)10(6-11)9(3)5-7;1-2(3)4/h7-10H,11-12H2,1-6H3;7-10H,11-12H2,1-6H3;5-6H,7H2,1-4H3;2*4-5,11H,6H2,1-3H3;1H3,(H,3,4).